The van der Waals surface area contributed by atoms with E-state index in [1.807, 2.05) is 30.3 Å². The van der Waals surface area contributed by atoms with Crippen LogP contribution in [0.4, 0.5) is 4.39 Å². The second-order valence-corrected chi connectivity index (χ2v) is 6.23. The molecule has 4 nitrogen and oxygen atoms in total. The Labute approximate surface area is 140 Å². The van der Waals surface area contributed by atoms with E-state index in [9.17, 15) is 14.4 Å². The van der Waals surface area contributed by atoms with Crippen molar-refractivity contribution in [2.75, 3.05) is 0 Å². The summed E-state index contributed by atoms with van der Waals surface area (Å²) in [7, 11) is 0. The molecule has 126 valence electrons. The number of para-hydroxylation sites is 1. The van der Waals surface area contributed by atoms with Gasteiger partial charge in [-0.05, 0) is 49.1 Å². The van der Waals surface area contributed by atoms with Crippen LogP contribution in [-0.4, -0.2) is 17.2 Å². The molecular weight excluding hydrogens is 309 g/mol. The first-order chi connectivity index (χ1) is 11.6. The topological polar surface area (TPSA) is 58.6 Å². The standard InChI is InChI=1S/C19H20FNO3/c1-13-16(8-5-9-17(13)20)19(18(22)21-23)11-10-15(12-19)24-14-6-3-2-4-7-14/h2-9,15,23H,10-12H2,1H3,(H,21,22)/t15-,19+/m1/s1. The molecule has 0 aliphatic heterocycles. The van der Waals surface area contributed by atoms with Gasteiger partial charge < -0.3 is 4.74 Å². The molecule has 3 rings (SSSR count). The molecule has 1 aliphatic rings. The van der Waals surface area contributed by atoms with Crippen molar-refractivity contribution in [3.05, 3.63) is 65.5 Å². The molecule has 2 N–H and O–H groups in total. The number of ether oxygens (including phenoxy) is 1. The van der Waals surface area contributed by atoms with Gasteiger partial charge in [0.05, 0.1) is 5.41 Å². The van der Waals surface area contributed by atoms with Crippen molar-refractivity contribution >= 4 is 5.91 Å². The summed E-state index contributed by atoms with van der Waals surface area (Å²) in [5.41, 5.74) is 1.81. The molecule has 0 radical (unpaired) electrons. The maximum Gasteiger partial charge on any atom is 0.254 e. The summed E-state index contributed by atoms with van der Waals surface area (Å²) in [6, 6.07) is 14.1. The van der Waals surface area contributed by atoms with Gasteiger partial charge in [0.25, 0.3) is 5.91 Å². The average Bonchev–Trinajstić information content (AvgIpc) is 3.02. The maximum absolute atomic E-state index is 14.0. The summed E-state index contributed by atoms with van der Waals surface area (Å²) >= 11 is 0. The van der Waals surface area contributed by atoms with E-state index in [1.165, 1.54) is 6.07 Å². The van der Waals surface area contributed by atoms with Crippen LogP contribution in [0.3, 0.4) is 0 Å². The van der Waals surface area contributed by atoms with Crippen LogP contribution in [0.5, 0.6) is 5.75 Å². The summed E-state index contributed by atoms with van der Waals surface area (Å²) in [4.78, 5) is 12.5. The lowest BCUT2D eigenvalue weighted by molar-refractivity contribution is -0.135. The number of hydroxylamine groups is 1. The van der Waals surface area contributed by atoms with E-state index in [1.54, 1.807) is 24.5 Å². The zero-order valence-electron chi connectivity index (χ0n) is 13.5. The molecule has 5 heteroatoms. The summed E-state index contributed by atoms with van der Waals surface area (Å²) in [6.45, 7) is 1.66. The summed E-state index contributed by atoms with van der Waals surface area (Å²) in [6.07, 6.45) is 1.35. The first kappa shape index (κ1) is 16.5. The quantitative estimate of drug-likeness (QED) is 0.667. The van der Waals surface area contributed by atoms with Gasteiger partial charge in [-0.3, -0.25) is 10.0 Å². The van der Waals surface area contributed by atoms with Crippen molar-refractivity contribution < 1.29 is 19.1 Å². The normalized spacial score (nSPS) is 23.0. The zero-order valence-corrected chi connectivity index (χ0v) is 13.5. The third-order valence-corrected chi connectivity index (χ3v) is 4.83. The van der Waals surface area contributed by atoms with Gasteiger partial charge in [-0.2, -0.15) is 0 Å². The fraction of sp³-hybridized carbons (Fsp3) is 0.316. The minimum Gasteiger partial charge on any atom is -0.490 e. The van der Waals surface area contributed by atoms with E-state index in [2.05, 4.69) is 0 Å². The van der Waals surface area contributed by atoms with Crippen LogP contribution in [0, 0.1) is 12.7 Å². The van der Waals surface area contributed by atoms with Crippen molar-refractivity contribution in [2.45, 2.75) is 37.7 Å². The highest BCUT2D eigenvalue weighted by molar-refractivity contribution is 5.88. The molecule has 2 aromatic carbocycles. The van der Waals surface area contributed by atoms with Gasteiger partial charge in [0, 0.05) is 6.42 Å². The van der Waals surface area contributed by atoms with Crippen molar-refractivity contribution in [3.63, 3.8) is 0 Å². The number of hydrogen-bond donors (Lipinski definition) is 2. The molecule has 0 saturated heterocycles. The third-order valence-electron chi connectivity index (χ3n) is 4.83. The van der Waals surface area contributed by atoms with Gasteiger partial charge in [-0.25, -0.2) is 9.87 Å². The third kappa shape index (κ3) is 2.87. The van der Waals surface area contributed by atoms with E-state index in [0.717, 1.165) is 5.75 Å². The monoisotopic (exact) mass is 329 g/mol. The molecule has 1 aliphatic carbocycles. The number of hydrogen-bond acceptors (Lipinski definition) is 3. The fourth-order valence-corrected chi connectivity index (χ4v) is 3.60. The summed E-state index contributed by atoms with van der Waals surface area (Å²) in [5, 5.41) is 9.22. The minimum atomic E-state index is -0.986. The van der Waals surface area contributed by atoms with Crippen LogP contribution in [0.1, 0.15) is 30.4 Å². The Bertz CT molecular complexity index is 735. The van der Waals surface area contributed by atoms with Crippen LogP contribution < -0.4 is 10.2 Å². The SMILES string of the molecule is Cc1c(F)cccc1[C@]1(C(=O)NO)CC[C@@H](Oc2ccccc2)C1. The zero-order chi connectivity index (χ0) is 17.2. The number of nitrogens with one attached hydrogen (secondary N) is 1. The van der Waals surface area contributed by atoms with Crippen LogP contribution in [0.15, 0.2) is 48.5 Å². The summed E-state index contributed by atoms with van der Waals surface area (Å²) < 4.78 is 19.9. The van der Waals surface area contributed by atoms with E-state index < -0.39 is 11.3 Å². The molecule has 1 fully saturated rings. The minimum absolute atomic E-state index is 0.174. The largest absolute Gasteiger partial charge is 0.490 e. The van der Waals surface area contributed by atoms with Crippen molar-refractivity contribution in [3.8, 4) is 5.75 Å². The molecule has 0 bridgehead atoms. The molecule has 24 heavy (non-hydrogen) atoms. The first-order valence-corrected chi connectivity index (χ1v) is 7.98. The van der Waals surface area contributed by atoms with E-state index in [-0.39, 0.29) is 11.9 Å². The molecule has 0 aromatic heterocycles. The van der Waals surface area contributed by atoms with Gasteiger partial charge in [0.2, 0.25) is 0 Å². The molecule has 0 spiro atoms. The number of rotatable bonds is 4. The number of amides is 1. The Kier molecular flexibility index (Phi) is 4.53. The van der Waals surface area contributed by atoms with Crippen LogP contribution in [0.25, 0.3) is 0 Å². The number of halogens is 1. The average molecular weight is 329 g/mol. The fourth-order valence-electron chi connectivity index (χ4n) is 3.60. The van der Waals surface area contributed by atoms with Crippen LogP contribution in [-0.2, 0) is 10.2 Å². The van der Waals surface area contributed by atoms with Crippen LogP contribution in [0.2, 0.25) is 0 Å². The lowest BCUT2D eigenvalue weighted by Gasteiger charge is -2.29. The van der Waals surface area contributed by atoms with E-state index in [4.69, 9.17) is 4.74 Å². The number of benzene rings is 2. The highest BCUT2D eigenvalue weighted by atomic mass is 19.1. The maximum atomic E-state index is 14.0. The van der Waals surface area contributed by atoms with E-state index in [0.29, 0.717) is 30.4 Å². The Morgan fingerprint density at radius 1 is 1.25 bits per heavy atom. The first-order valence-electron chi connectivity index (χ1n) is 7.98. The molecule has 0 heterocycles. The Balaban J connectivity index is 1.91. The Morgan fingerprint density at radius 2 is 2.00 bits per heavy atom. The molecule has 0 unspecified atom stereocenters. The molecular formula is C19H20FNO3. The van der Waals surface area contributed by atoms with Crippen molar-refractivity contribution in [2.24, 2.45) is 0 Å². The lowest BCUT2D eigenvalue weighted by Crippen LogP contribution is -2.42. The highest BCUT2D eigenvalue weighted by Gasteiger charge is 2.48. The molecule has 1 saturated carbocycles. The Hall–Kier alpha value is -2.40. The smallest absolute Gasteiger partial charge is 0.254 e. The van der Waals surface area contributed by atoms with Gasteiger partial charge in [-0.1, -0.05) is 30.3 Å². The van der Waals surface area contributed by atoms with Crippen LogP contribution >= 0.6 is 0 Å². The molecule has 2 atom stereocenters. The van der Waals surface area contributed by atoms with E-state index >= 15 is 0 Å². The second kappa shape index (κ2) is 6.61. The van der Waals surface area contributed by atoms with Crippen molar-refractivity contribution in [1.82, 2.24) is 5.48 Å². The Morgan fingerprint density at radius 3 is 2.71 bits per heavy atom. The second-order valence-electron chi connectivity index (χ2n) is 6.23. The predicted octanol–water partition coefficient (Wildman–Crippen LogP) is 3.51. The summed E-state index contributed by atoms with van der Waals surface area (Å²) in [5.74, 6) is -0.140. The van der Waals surface area contributed by atoms with Gasteiger partial charge >= 0.3 is 0 Å². The van der Waals surface area contributed by atoms with Gasteiger partial charge in [-0.15, -0.1) is 0 Å². The molecule has 2 aromatic rings. The van der Waals surface area contributed by atoms with Crippen molar-refractivity contribution in [1.29, 1.82) is 0 Å². The highest BCUT2D eigenvalue weighted by Crippen LogP contribution is 2.44. The number of carbonyl (C=O) groups excluding carboxylic acids is 1. The predicted molar refractivity (Wildman–Crippen MR) is 87.5 cm³/mol. The molecule has 1 amide bonds. The number of carbonyl (C=O) groups is 1. The van der Waals surface area contributed by atoms with Gasteiger partial charge in [0.15, 0.2) is 0 Å². The van der Waals surface area contributed by atoms with Gasteiger partial charge in [0.1, 0.15) is 17.7 Å². The lowest BCUT2D eigenvalue weighted by atomic mass is 9.76.